The van der Waals surface area contributed by atoms with Crippen molar-refractivity contribution in [1.82, 2.24) is 9.97 Å². The van der Waals surface area contributed by atoms with Gasteiger partial charge in [-0.05, 0) is 21.5 Å². The monoisotopic (exact) mass is 282 g/mol. The van der Waals surface area contributed by atoms with Crippen molar-refractivity contribution in [2.75, 3.05) is 6.61 Å². The molecule has 0 saturated carbocycles. The van der Waals surface area contributed by atoms with E-state index in [0.29, 0.717) is 19.1 Å². The topological polar surface area (TPSA) is 51.0 Å². The van der Waals surface area contributed by atoms with Crippen LogP contribution in [-0.4, -0.2) is 16.6 Å². The zero-order chi connectivity index (χ0) is 11.1. The van der Waals surface area contributed by atoms with Crippen LogP contribution in [0.15, 0.2) is 21.4 Å². The number of aromatic amines is 1. The van der Waals surface area contributed by atoms with Crippen molar-refractivity contribution >= 4 is 15.9 Å². The van der Waals surface area contributed by atoms with E-state index in [-0.39, 0.29) is 5.92 Å². The molecule has 16 heavy (non-hydrogen) atoms. The smallest absolute Gasteiger partial charge is 0.191 e. The van der Waals surface area contributed by atoms with Crippen molar-refractivity contribution in [3.8, 4) is 0 Å². The maximum absolute atomic E-state index is 5.57. The van der Waals surface area contributed by atoms with Gasteiger partial charge in [-0.25, -0.2) is 4.98 Å². The highest BCUT2D eigenvalue weighted by molar-refractivity contribution is 9.10. The molecule has 0 saturated heterocycles. The Labute approximate surface area is 101 Å². The Bertz CT molecular complexity index is 518. The van der Waals surface area contributed by atoms with Crippen LogP contribution in [0.2, 0.25) is 0 Å². The summed E-state index contributed by atoms with van der Waals surface area (Å²) in [7, 11) is 0. The zero-order valence-corrected chi connectivity index (χ0v) is 10.4. The molecular weight excluding hydrogens is 272 g/mol. The third kappa shape index (κ3) is 1.51. The fourth-order valence-electron chi connectivity index (χ4n) is 2.04. The molecule has 0 amide bonds. The molecule has 0 radical (unpaired) electrons. The highest BCUT2D eigenvalue weighted by Crippen LogP contribution is 2.35. The van der Waals surface area contributed by atoms with Crippen molar-refractivity contribution in [3.63, 3.8) is 0 Å². The van der Waals surface area contributed by atoms with E-state index < -0.39 is 0 Å². The van der Waals surface area contributed by atoms with E-state index in [1.807, 2.05) is 13.1 Å². The lowest BCUT2D eigenvalue weighted by Gasteiger charge is -2.21. The van der Waals surface area contributed by atoms with Crippen LogP contribution >= 0.6 is 15.9 Å². The summed E-state index contributed by atoms with van der Waals surface area (Å²) in [5.41, 5.74) is 2.40. The number of aromatic nitrogens is 2. The van der Waals surface area contributed by atoms with Gasteiger partial charge in [0.2, 0.25) is 0 Å². The molecule has 0 fully saturated rings. The molecule has 3 heterocycles. The molecule has 0 aliphatic carbocycles. The lowest BCUT2D eigenvalue weighted by molar-refractivity contribution is 0.0946. The minimum absolute atomic E-state index is 0.146. The number of H-pyrrole nitrogens is 1. The van der Waals surface area contributed by atoms with Gasteiger partial charge in [-0.15, -0.1) is 0 Å². The third-order valence-electron chi connectivity index (χ3n) is 2.86. The van der Waals surface area contributed by atoms with Crippen molar-refractivity contribution in [2.45, 2.75) is 19.4 Å². The van der Waals surface area contributed by atoms with Gasteiger partial charge >= 0.3 is 0 Å². The van der Waals surface area contributed by atoms with Gasteiger partial charge in [0.05, 0.1) is 29.9 Å². The second kappa shape index (κ2) is 3.75. The highest BCUT2D eigenvalue weighted by atomic mass is 79.9. The van der Waals surface area contributed by atoms with Crippen molar-refractivity contribution in [1.29, 1.82) is 0 Å². The predicted molar refractivity (Wildman–Crippen MR) is 61.2 cm³/mol. The van der Waals surface area contributed by atoms with E-state index in [2.05, 4.69) is 25.9 Å². The van der Waals surface area contributed by atoms with E-state index in [0.717, 1.165) is 10.4 Å². The predicted octanol–water partition coefficient (Wildman–Crippen LogP) is 2.74. The van der Waals surface area contributed by atoms with E-state index >= 15 is 0 Å². The summed E-state index contributed by atoms with van der Waals surface area (Å²) >= 11 is 3.48. The second-order valence-electron chi connectivity index (χ2n) is 3.89. The quantitative estimate of drug-likeness (QED) is 0.875. The van der Waals surface area contributed by atoms with Gasteiger partial charge in [-0.3, -0.25) is 0 Å². The fraction of sp³-hybridized carbons (Fsp3) is 0.364. The van der Waals surface area contributed by atoms with Crippen LogP contribution in [0.5, 0.6) is 0 Å². The second-order valence-corrected chi connectivity index (χ2v) is 4.68. The number of halogens is 1. The Hall–Kier alpha value is -1.07. The summed E-state index contributed by atoms with van der Waals surface area (Å²) in [6, 6.07) is 0. The Balaban J connectivity index is 2.05. The molecule has 4 nitrogen and oxygen atoms in total. The lowest BCUT2D eigenvalue weighted by atomic mass is 9.95. The molecular formula is C11H11BrN2O2. The standard InChI is InChI=1S/C11H11BrN2O2/c1-6-13-3-10(16-6)8-4-15-5-9-7(8)2-14-11(9)12/h2-3,8,14H,4-5H2,1H3. The average molecular weight is 283 g/mol. The first-order chi connectivity index (χ1) is 7.75. The van der Waals surface area contributed by atoms with Crippen LogP contribution < -0.4 is 0 Å². The number of nitrogens with one attached hydrogen (secondary N) is 1. The van der Waals surface area contributed by atoms with Gasteiger partial charge in [-0.1, -0.05) is 0 Å². The average Bonchev–Trinajstić information content (AvgIpc) is 2.86. The summed E-state index contributed by atoms with van der Waals surface area (Å²) in [5, 5.41) is 0. The summed E-state index contributed by atoms with van der Waals surface area (Å²) in [5.74, 6) is 1.70. The molecule has 1 atom stereocenters. The van der Waals surface area contributed by atoms with E-state index in [1.165, 1.54) is 11.1 Å². The molecule has 2 aromatic rings. The van der Waals surface area contributed by atoms with Crippen LogP contribution in [0.4, 0.5) is 0 Å². The fourth-order valence-corrected chi connectivity index (χ4v) is 2.50. The molecule has 0 spiro atoms. The maximum Gasteiger partial charge on any atom is 0.191 e. The first-order valence-corrected chi connectivity index (χ1v) is 5.90. The molecule has 1 N–H and O–H groups in total. The van der Waals surface area contributed by atoms with Gasteiger partial charge in [0, 0.05) is 18.7 Å². The highest BCUT2D eigenvalue weighted by Gasteiger charge is 2.27. The van der Waals surface area contributed by atoms with Gasteiger partial charge in [-0.2, -0.15) is 0 Å². The molecule has 0 aromatic carbocycles. The molecule has 1 aliphatic heterocycles. The first kappa shape index (κ1) is 10.1. The molecule has 0 bridgehead atoms. The number of rotatable bonds is 1. The lowest BCUT2D eigenvalue weighted by Crippen LogP contribution is -2.15. The Morgan fingerprint density at radius 1 is 1.56 bits per heavy atom. The zero-order valence-electron chi connectivity index (χ0n) is 8.79. The van der Waals surface area contributed by atoms with Crippen molar-refractivity contribution in [3.05, 3.63) is 39.8 Å². The van der Waals surface area contributed by atoms with Crippen LogP contribution in [0, 0.1) is 6.92 Å². The van der Waals surface area contributed by atoms with Crippen LogP contribution in [0.25, 0.3) is 0 Å². The normalized spacial score (nSPS) is 19.8. The van der Waals surface area contributed by atoms with E-state index in [1.54, 1.807) is 6.20 Å². The van der Waals surface area contributed by atoms with Crippen LogP contribution in [0.1, 0.15) is 28.7 Å². The Morgan fingerprint density at radius 2 is 2.44 bits per heavy atom. The SMILES string of the molecule is Cc1ncc(C2COCc3c2c[nH]c3Br)o1. The summed E-state index contributed by atoms with van der Waals surface area (Å²) in [6.07, 6.45) is 3.78. The molecule has 2 aromatic heterocycles. The number of fused-ring (bicyclic) bond motifs is 1. The number of hydrogen-bond acceptors (Lipinski definition) is 3. The van der Waals surface area contributed by atoms with E-state index in [9.17, 15) is 0 Å². The number of ether oxygens (including phenoxy) is 1. The van der Waals surface area contributed by atoms with Crippen LogP contribution in [0.3, 0.4) is 0 Å². The molecule has 1 aliphatic rings. The Morgan fingerprint density at radius 3 is 3.19 bits per heavy atom. The first-order valence-electron chi connectivity index (χ1n) is 5.11. The summed E-state index contributed by atoms with van der Waals surface area (Å²) in [4.78, 5) is 7.29. The number of oxazole rings is 1. The number of hydrogen-bond donors (Lipinski definition) is 1. The minimum atomic E-state index is 0.146. The summed E-state index contributed by atoms with van der Waals surface area (Å²) < 4.78 is 12.1. The van der Waals surface area contributed by atoms with E-state index in [4.69, 9.17) is 9.15 Å². The minimum Gasteiger partial charge on any atom is -0.445 e. The van der Waals surface area contributed by atoms with Crippen LogP contribution in [-0.2, 0) is 11.3 Å². The van der Waals surface area contributed by atoms with Gasteiger partial charge in [0.1, 0.15) is 5.76 Å². The molecule has 3 rings (SSSR count). The third-order valence-corrected chi connectivity index (χ3v) is 3.56. The van der Waals surface area contributed by atoms with Gasteiger partial charge in [0.15, 0.2) is 5.89 Å². The maximum atomic E-state index is 5.57. The Kier molecular flexibility index (Phi) is 2.37. The molecule has 84 valence electrons. The summed E-state index contributed by atoms with van der Waals surface area (Å²) in [6.45, 7) is 3.14. The van der Waals surface area contributed by atoms with Crippen molar-refractivity contribution in [2.24, 2.45) is 0 Å². The van der Waals surface area contributed by atoms with Gasteiger partial charge in [0.25, 0.3) is 0 Å². The van der Waals surface area contributed by atoms with Crippen molar-refractivity contribution < 1.29 is 9.15 Å². The largest absolute Gasteiger partial charge is 0.445 e. The molecule has 1 unspecified atom stereocenters. The number of aryl methyl sites for hydroxylation is 1. The van der Waals surface area contributed by atoms with Gasteiger partial charge < -0.3 is 14.1 Å². The number of nitrogens with zero attached hydrogens (tertiary/aromatic N) is 1. The molecule has 5 heteroatoms.